The fourth-order valence-corrected chi connectivity index (χ4v) is 5.44. The minimum Gasteiger partial charge on any atom is -0.383 e. The molecule has 18 heavy (non-hydrogen) atoms. The summed E-state index contributed by atoms with van der Waals surface area (Å²) in [6.45, 7) is 4.32. The zero-order valence-corrected chi connectivity index (χ0v) is 12.0. The number of rotatable bonds is 6. The van der Waals surface area contributed by atoms with Gasteiger partial charge in [0.2, 0.25) is 0 Å². The molecular formula is C16H29NO. The molecule has 2 nitrogen and oxygen atoms in total. The van der Waals surface area contributed by atoms with Gasteiger partial charge in [-0.15, -0.1) is 0 Å². The first-order valence-corrected chi connectivity index (χ1v) is 8.04. The lowest BCUT2D eigenvalue weighted by molar-refractivity contribution is -0.0617. The molecule has 4 saturated carbocycles. The van der Waals surface area contributed by atoms with Crippen molar-refractivity contribution in [2.24, 2.45) is 29.6 Å². The molecule has 4 aliphatic carbocycles. The van der Waals surface area contributed by atoms with Crippen molar-refractivity contribution in [2.75, 3.05) is 20.3 Å². The van der Waals surface area contributed by atoms with Gasteiger partial charge in [0.25, 0.3) is 0 Å². The molecule has 4 bridgehead atoms. The van der Waals surface area contributed by atoms with Crippen molar-refractivity contribution in [1.82, 2.24) is 5.32 Å². The molecule has 104 valence electrons. The van der Waals surface area contributed by atoms with Crippen LogP contribution < -0.4 is 5.32 Å². The second-order valence-electron chi connectivity index (χ2n) is 7.02. The number of nitrogens with one attached hydrogen (secondary N) is 1. The van der Waals surface area contributed by atoms with E-state index in [1.165, 1.54) is 32.1 Å². The Morgan fingerprint density at radius 3 is 2.17 bits per heavy atom. The van der Waals surface area contributed by atoms with Gasteiger partial charge in [-0.3, -0.25) is 0 Å². The van der Waals surface area contributed by atoms with E-state index in [4.69, 9.17) is 4.74 Å². The highest BCUT2D eigenvalue weighted by molar-refractivity contribution is 5.01. The van der Waals surface area contributed by atoms with Crippen LogP contribution in [0.25, 0.3) is 0 Å². The summed E-state index contributed by atoms with van der Waals surface area (Å²) < 4.78 is 5.50. The van der Waals surface area contributed by atoms with E-state index in [2.05, 4.69) is 12.2 Å². The molecule has 1 atom stereocenters. The Balaban J connectivity index is 1.69. The van der Waals surface area contributed by atoms with Crippen LogP contribution in [0.4, 0.5) is 0 Å². The third kappa shape index (κ3) is 2.34. The standard InChI is InChI=1S/C16H29NO/c1-3-4-17-15(10-18-2)16-13-6-11-5-12(8-13)9-14(16)7-11/h11-17H,3-10H2,1-2H3. The maximum Gasteiger partial charge on any atom is 0.0618 e. The van der Waals surface area contributed by atoms with Crippen molar-refractivity contribution in [3.05, 3.63) is 0 Å². The summed E-state index contributed by atoms with van der Waals surface area (Å²) in [5.41, 5.74) is 0. The first kappa shape index (κ1) is 12.9. The lowest BCUT2D eigenvalue weighted by atomic mass is 9.50. The Morgan fingerprint density at radius 1 is 1.06 bits per heavy atom. The summed E-state index contributed by atoms with van der Waals surface area (Å²) >= 11 is 0. The Morgan fingerprint density at radius 2 is 1.67 bits per heavy atom. The quantitative estimate of drug-likeness (QED) is 0.783. The van der Waals surface area contributed by atoms with Crippen molar-refractivity contribution in [1.29, 1.82) is 0 Å². The first-order chi connectivity index (χ1) is 8.81. The molecule has 4 rings (SSSR count). The minimum absolute atomic E-state index is 0.616. The summed E-state index contributed by atoms with van der Waals surface area (Å²) in [7, 11) is 1.86. The van der Waals surface area contributed by atoms with Gasteiger partial charge in [0.15, 0.2) is 0 Å². The summed E-state index contributed by atoms with van der Waals surface area (Å²) in [6.07, 6.45) is 8.86. The molecule has 4 aliphatic rings. The number of methoxy groups -OCH3 is 1. The van der Waals surface area contributed by atoms with Gasteiger partial charge in [-0.1, -0.05) is 6.92 Å². The number of hydrogen-bond donors (Lipinski definition) is 1. The number of hydrogen-bond acceptors (Lipinski definition) is 2. The zero-order chi connectivity index (χ0) is 12.5. The fourth-order valence-electron chi connectivity index (χ4n) is 5.44. The monoisotopic (exact) mass is 251 g/mol. The van der Waals surface area contributed by atoms with Gasteiger partial charge < -0.3 is 10.1 Å². The molecule has 1 unspecified atom stereocenters. The van der Waals surface area contributed by atoms with Crippen LogP contribution in [-0.4, -0.2) is 26.3 Å². The molecule has 0 aromatic heterocycles. The molecule has 0 aliphatic heterocycles. The van der Waals surface area contributed by atoms with E-state index in [1.54, 1.807) is 6.42 Å². The van der Waals surface area contributed by atoms with Crippen LogP contribution in [0.3, 0.4) is 0 Å². The highest BCUT2D eigenvalue weighted by Crippen LogP contribution is 2.57. The molecule has 4 fully saturated rings. The van der Waals surface area contributed by atoms with Gasteiger partial charge in [-0.05, 0) is 74.7 Å². The van der Waals surface area contributed by atoms with Crippen LogP contribution in [0.5, 0.6) is 0 Å². The normalized spacial score (nSPS) is 43.3. The first-order valence-electron chi connectivity index (χ1n) is 8.04. The lowest BCUT2D eigenvalue weighted by Gasteiger charge is -2.56. The third-order valence-corrected chi connectivity index (χ3v) is 5.77. The zero-order valence-electron chi connectivity index (χ0n) is 12.0. The molecule has 0 radical (unpaired) electrons. The van der Waals surface area contributed by atoms with Crippen molar-refractivity contribution in [2.45, 2.75) is 51.5 Å². The van der Waals surface area contributed by atoms with Crippen molar-refractivity contribution >= 4 is 0 Å². The van der Waals surface area contributed by atoms with Gasteiger partial charge in [-0.2, -0.15) is 0 Å². The van der Waals surface area contributed by atoms with E-state index < -0.39 is 0 Å². The summed E-state index contributed by atoms with van der Waals surface area (Å²) in [6, 6.07) is 0.616. The van der Waals surface area contributed by atoms with Crippen LogP contribution in [0.1, 0.15) is 45.4 Å². The van der Waals surface area contributed by atoms with E-state index in [0.717, 1.165) is 42.7 Å². The molecule has 0 heterocycles. The Labute approximate surface area is 112 Å². The summed E-state index contributed by atoms with van der Waals surface area (Å²) in [5.74, 6) is 5.08. The molecular weight excluding hydrogens is 222 g/mol. The lowest BCUT2D eigenvalue weighted by Crippen LogP contribution is -2.54. The molecule has 0 amide bonds. The van der Waals surface area contributed by atoms with Crippen LogP contribution in [0, 0.1) is 29.6 Å². The summed E-state index contributed by atoms with van der Waals surface area (Å²) in [5, 5.41) is 3.77. The largest absolute Gasteiger partial charge is 0.383 e. The van der Waals surface area contributed by atoms with Gasteiger partial charge >= 0.3 is 0 Å². The minimum atomic E-state index is 0.616. The van der Waals surface area contributed by atoms with Gasteiger partial charge in [0.1, 0.15) is 0 Å². The van der Waals surface area contributed by atoms with E-state index in [1.807, 2.05) is 7.11 Å². The Kier molecular flexibility index (Phi) is 3.95. The van der Waals surface area contributed by atoms with E-state index in [0.29, 0.717) is 6.04 Å². The average Bonchev–Trinajstić information content (AvgIpc) is 2.34. The van der Waals surface area contributed by atoms with Gasteiger partial charge in [0.05, 0.1) is 6.61 Å². The predicted molar refractivity (Wildman–Crippen MR) is 74.5 cm³/mol. The third-order valence-electron chi connectivity index (χ3n) is 5.77. The summed E-state index contributed by atoms with van der Waals surface area (Å²) in [4.78, 5) is 0. The molecule has 0 aromatic carbocycles. The van der Waals surface area contributed by atoms with E-state index in [9.17, 15) is 0 Å². The maximum absolute atomic E-state index is 5.50. The van der Waals surface area contributed by atoms with Crippen LogP contribution in [0.15, 0.2) is 0 Å². The molecule has 0 spiro atoms. The fraction of sp³-hybridized carbons (Fsp3) is 1.00. The molecule has 2 heteroatoms. The van der Waals surface area contributed by atoms with Crippen LogP contribution >= 0.6 is 0 Å². The second kappa shape index (κ2) is 5.50. The smallest absolute Gasteiger partial charge is 0.0618 e. The van der Waals surface area contributed by atoms with Crippen molar-refractivity contribution in [3.63, 3.8) is 0 Å². The van der Waals surface area contributed by atoms with Gasteiger partial charge in [0, 0.05) is 13.2 Å². The molecule has 1 N–H and O–H groups in total. The van der Waals surface area contributed by atoms with Crippen molar-refractivity contribution in [3.8, 4) is 0 Å². The second-order valence-corrected chi connectivity index (χ2v) is 7.02. The maximum atomic E-state index is 5.50. The Bertz CT molecular complexity index is 250. The van der Waals surface area contributed by atoms with Gasteiger partial charge in [-0.25, -0.2) is 0 Å². The molecule has 0 aromatic rings. The predicted octanol–water partition coefficient (Wildman–Crippen LogP) is 3.07. The number of ether oxygens (including phenoxy) is 1. The highest BCUT2D eigenvalue weighted by atomic mass is 16.5. The SMILES string of the molecule is CCCNC(COC)C1C2CC3CC(C2)CC1C3. The van der Waals surface area contributed by atoms with E-state index in [-0.39, 0.29) is 0 Å². The topological polar surface area (TPSA) is 21.3 Å². The molecule has 0 saturated heterocycles. The van der Waals surface area contributed by atoms with Crippen LogP contribution in [0.2, 0.25) is 0 Å². The average molecular weight is 251 g/mol. The van der Waals surface area contributed by atoms with Crippen LogP contribution in [-0.2, 0) is 4.74 Å². The Hall–Kier alpha value is -0.0800. The van der Waals surface area contributed by atoms with E-state index >= 15 is 0 Å². The highest BCUT2D eigenvalue weighted by Gasteiger charge is 2.50. The van der Waals surface area contributed by atoms with Crippen molar-refractivity contribution < 1.29 is 4.74 Å².